The molecule has 5 N–H and O–H groups in total. The summed E-state index contributed by atoms with van der Waals surface area (Å²) in [6.45, 7) is 3.78. The van der Waals surface area contributed by atoms with Gasteiger partial charge in [0.15, 0.2) is 0 Å². The van der Waals surface area contributed by atoms with Gasteiger partial charge in [-0.3, -0.25) is 0 Å². The number of benzene rings is 1. The molecule has 7 heteroatoms. The van der Waals surface area contributed by atoms with Gasteiger partial charge in [0, 0.05) is 17.4 Å². The minimum Gasteiger partial charge on any atom is -0.399 e. The fraction of sp³-hybridized carbons (Fsp3) is 0.500. The Hall–Kier alpha value is -0.920. The topological polar surface area (TPSA) is 98.2 Å². The first-order valence-electron chi connectivity index (χ1n) is 5.94. The molecule has 0 amide bonds. The number of nitrogens with one attached hydrogen (secondary N) is 1. The lowest BCUT2D eigenvalue weighted by Crippen LogP contribution is -2.19. The van der Waals surface area contributed by atoms with Crippen molar-refractivity contribution in [1.29, 1.82) is 0 Å². The number of nitrogens with two attached hydrogens (primary N) is 2. The van der Waals surface area contributed by atoms with Crippen LogP contribution in [0.5, 0.6) is 0 Å². The van der Waals surface area contributed by atoms with Crippen LogP contribution in [0.4, 0.5) is 11.4 Å². The summed E-state index contributed by atoms with van der Waals surface area (Å²) in [5.41, 5.74) is 7.44. The summed E-state index contributed by atoms with van der Waals surface area (Å²) in [5, 5.41) is 8.48. The minimum absolute atomic E-state index is 0.0760. The Bertz CT molecular complexity index is 544. The standard InChI is InChI=1S/C12H21N3O2S2/c1-8(4-5-18-3)15-11-6-10(13)7-12(9(11)2)19(14,16)17/h6-8,15H,4-5,13H2,1-3H3,(H2,14,16,17). The summed E-state index contributed by atoms with van der Waals surface area (Å²) in [4.78, 5) is 0.0760. The largest absolute Gasteiger partial charge is 0.399 e. The molecule has 1 atom stereocenters. The van der Waals surface area contributed by atoms with Gasteiger partial charge in [-0.05, 0) is 50.0 Å². The summed E-state index contributed by atoms with van der Waals surface area (Å²) in [6, 6.07) is 3.36. The fourth-order valence-corrected chi connectivity index (χ4v) is 3.21. The predicted molar refractivity (Wildman–Crippen MR) is 83.0 cm³/mol. The number of rotatable bonds is 6. The number of nitrogen functional groups attached to an aromatic ring is 1. The van der Waals surface area contributed by atoms with Crippen LogP contribution in [0.1, 0.15) is 18.9 Å². The molecule has 0 spiro atoms. The van der Waals surface area contributed by atoms with Crippen molar-refractivity contribution in [3.63, 3.8) is 0 Å². The predicted octanol–water partition coefficient (Wildman–Crippen LogP) is 1.78. The first kappa shape index (κ1) is 16.1. The highest BCUT2D eigenvalue weighted by atomic mass is 32.2. The van der Waals surface area contributed by atoms with Crippen LogP contribution in [0.15, 0.2) is 17.0 Å². The normalized spacial score (nSPS) is 13.3. The highest BCUT2D eigenvalue weighted by Crippen LogP contribution is 2.27. The van der Waals surface area contributed by atoms with Crippen molar-refractivity contribution in [2.45, 2.75) is 31.2 Å². The molecule has 0 aliphatic heterocycles. The smallest absolute Gasteiger partial charge is 0.238 e. The summed E-state index contributed by atoms with van der Waals surface area (Å²) >= 11 is 1.77. The zero-order valence-corrected chi connectivity index (χ0v) is 13.1. The van der Waals surface area contributed by atoms with Crippen molar-refractivity contribution in [2.24, 2.45) is 5.14 Å². The maximum absolute atomic E-state index is 11.5. The van der Waals surface area contributed by atoms with Crippen LogP contribution in [0.3, 0.4) is 0 Å². The number of hydrogen-bond acceptors (Lipinski definition) is 5. The Kier molecular flexibility index (Phi) is 5.51. The van der Waals surface area contributed by atoms with E-state index in [9.17, 15) is 8.42 Å². The molecule has 5 nitrogen and oxygen atoms in total. The van der Waals surface area contributed by atoms with Crippen molar-refractivity contribution in [2.75, 3.05) is 23.1 Å². The van der Waals surface area contributed by atoms with Crippen LogP contribution in [0.25, 0.3) is 0 Å². The van der Waals surface area contributed by atoms with Crippen molar-refractivity contribution in [3.05, 3.63) is 17.7 Å². The first-order chi connectivity index (χ1) is 8.75. The Labute approximate surface area is 119 Å². The molecule has 0 fully saturated rings. The molecule has 0 aliphatic rings. The first-order valence-corrected chi connectivity index (χ1v) is 8.88. The summed E-state index contributed by atoms with van der Waals surface area (Å²) in [7, 11) is -3.76. The van der Waals surface area contributed by atoms with E-state index in [1.165, 1.54) is 6.07 Å². The van der Waals surface area contributed by atoms with Gasteiger partial charge in [-0.25, -0.2) is 13.6 Å². The average Bonchev–Trinajstić information content (AvgIpc) is 2.29. The Morgan fingerprint density at radius 3 is 2.58 bits per heavy atom. The zero-order chi connectivity index (χ0) is 14.6. The average molecular weight is 303 g/mol. The van der Waals surface area contributed by atoms with Crippen LogP contribution in [0.2, 0.25) is 0 Å². The lowest BCUT2D eigenvalue weighted by Gasteiger charge is -2.18. The van der Waals surface area contributed by atoms with E-state index in [0.717, 1.165) is 17.9 Å². The van der Waals surface area contributed by atoms with E-state index in [1.54, 1.807) is 24.8 Å². The lowest BCUT2D eigenvalue weighted by atomic mass is 10.1. The molecule has 0 saturated heterocycles. The summed E-state index contributed by atoms with van der Waals surface area (Å²) in [5.74, 6) is 1.04. The van der Waals surface area contributed by atoms with E-state index in [-0.39, 0.29) is 10.9 Å². The molecule has 1 unspecified atom stereocenters. The number of thioether (sulfide) groups is 1. The molecular weight excluding hydrogens is 282 g/mol. The summed E-state index contributed by atoms with van der Waals surface area (Å²) in [6.07, 6.45) is 3.04. The molecule has 0 heterocycles. The third-order valence-corrected chi connectivity index (χ3v) is 4.53. The van der Waals surface area contributed by atoms with E-state index < -0.39 is 10.0 Å². The SMILES string of the molecule is CSCCC(C)Nc1cc(N)cc(S(N)(=O)=O)c1C. The molecule has 0 saturated carbocycles. The fourth-order valence-electron chi connectivity index (χ4n) is 1.79. The zero-order valence-electron chi connectivity index (χ0n) is 11.4. The van der Waals surface area contributed by atoms with Gasteiger partial charge in [-0.2, -0.15) is 11.8 Å². The maximum atomic E-state index is 11.5. The Balaban J connectivity index is 3.05. The van der Waals surface area contributed by atoms with Gasteiger partial charge >= 0.3 is 0 Å². The van der Waals surface area contributed by atoms with Crippen LogP contribution >= 0.6 is 11.8 Å². The Morgan fingerprint density at radius 2 is 2.05 bits per heavy atom. The second-order valence-electron chi connectivity index (χ2n) is 4.56. The number of anilines is 2. The van der Waals surface area contributed by atoms with Gasteiger partial charge in [-0.15, -0.1) is 0 Å². The van der Waals surface area contributed by atoms with Gasteiger partial charge < -0.3 is 11.1 Å². The van der Waals surface area contributed by atoms with E-state index in [2.05, 4.69) is 18.5 Å². The molecule has 0 radical (unpaired) electrons. The molecule has 0 bridgehead atoms. The van der Waals surface area contributed by atoms with Crippen LogP contribution in [0, 0.1) is 6.92 Å². The van der Waals surface area contributed by atoms with Gasteiger partial charge in [0.25, 0.3) is 0 Å². The number of sulfonamides is 1. The third kappa shape index (κ3) is 4.59. The lowest BCUT2D eigenvalue weighted by molar-refractivity contribution is 0.597. The molecule has 1 aromatic rings. The van der Waals surface area contributed by atoms with Gasteiger partial charge in [0.05, 0.1) is 4.90 Å². The maximum Gasteiger partial charge on any atom is 0.238 e. The van der Waals surface area contributed by atoms with E-state index in [1.807, 2.05) is 0 Å². The highest BCUT2D eigenvalue weighted by Gasteiger charge is 2.16. The number of primary sulfonamides is 1. The van der Waals surface area contributed by atoms with E-state index >= 15 is 0 Å². The van der Waals surface area contributed by atoms with Gasteiger partial charge in [0.1, 0.15) is 0 Å². The van der Waals surface area contributed by atoms with Crippen molar-refractivity contribution in [1.82, 2.24) is 0 Å². The van der Waals surface area contributed by atoms with E-state index in [4.69, 9.17) is 10.9 Å². The highest BCUT2D eigenvalue weighted by molar-refractivity contribution is 7.98. The van der Waals surface area contributed by atoms with Crippen LogP contribution < -0.4 is 16.2 Å². The van der Waals surface area contributed by atoms with E-state index in [0.29, 0.717) is 11.3 Å². The van der Waals surface area contributed by atoms with Crippen LogP contribution in [-0.4, -0.2) is 26.5 Å². The Morgan fingerprint density at radius 1 is 1.42 bits per heavy atom. The van der Waals surface area contributed by atoms with Crippen molar-refractivity contribution in [3.8, 4) is 0 Å². The molecular formula is C12H21N3O2S2. The minimum atomic E-state index is -3.76. The summed E-state index contributed by atoms with van der Waals surface area (Å²) < 4.78 is 23.0. The third-order valence-electron chi connectivity index (χ3n) is 2.85. The molecule has 0 aliphatic carbocycles. The van der Waals surface area contributed by atoms with Crippen molar-refractivity contribution >= 4 is 33.2 Å². The van der Waals surface area contributed by atoms with Crippen LogP contribution in [-0.2, 0) is 10.0 Å². The second kappa shape index (κ2) is 6.49. The molecule has 108 valence electrons. The molecule has 19 heavy (non-hydrogen) atoms. The monoisotopic (exact) mass is 303 g/mol. The molecule has 0 aromatic heterocycles. The second-order valence-corrected chi connectivity index (χ2v) is 7.08. The van der Waals surface area contributed by atoms with Gasteiger partial charge in [0.2, 0.25) is 10.0 Å². The molecule has 1 rings (SSSR count). The van der Waals surface area contributed by atoms with Crippen molar-refractivity contribution < 1.29 is 8.42 Å². The van der Waals surface area contributed by atoms with Gasteiger partial charge in [-0.1, -0.05) is 0 Å². The molecule has 1 aromatic carbocycles. The number of hydrogen-bond donors (Lipinski definition) is 3. The quantitative estimate of drug-likeness (QED) is 0.696.